The van der Waals surface area contributed by atoms with Gasteiger partial charge in [-0.15, -0.1) is 0 Å². The third-order valence-electron chi connectivity index (χ3n) is 1.42. The average Bonchev–Trinajstić information content (AvgIpc) is 2.34. The normalized spacial score (nSPS) is 10.7. The Balaban J connectivity index is 2.91. The van der Waals surface area contributed by atoms with Crippen molar-refractivity contribution in [2.45, 2.75) is 13.8 Å². The molecule has 2 aromatic rings. The van der Waals surface area contributed by atoms with E-state index in [0.29, 0.717) is 5.78 Å². The summed E-state index contributed by atoms with van der Waals surface area (Å²) in [6.07, 6.45) is 1.47. The summed E-state index contributed by atoms with van der Waals surface area (Å²) in [6.45, 7) is 3.71. The molecule has 0 bridgehead atoms. The number of hydrogen-bond donors (Lipinski definition) is 0. The molecule has 0 aliphatic heterocycles. The van der Waals surface area contributed by atoms with Gasteiger partial charge in [0.25, 0.3) is 5.78 Å². The molecule has 56 valence electrons. The lowest BCUT2D eigenvalue weighted by atomic mass is 10.6. The fourth-order valence-electron chi connectivity index (χ4n) is 0.991. The van der Waals surface area contributed by atoms with E-state index in [9.17, 15) is 0 Å². The number of fused-ring (bicyclic) bond motifs is 1. The molecule has 0 unspecified atom stereocenters. The standard InChI is InChI=1S/C6H7N5/c1-4-9-5(2)11-6(10-4)7-3-8-11/h3H,1-2H3. The van der Waals surface area contributed by atoms with Crippen molar-refractivity contribution in [1.82, 2.24) is 24.6 Å². The molecule has 0 fully saturated rings. The first-order chi connectivity index (χ1) is 5.27. The molecule has 5 nitrogen and oxygen atoms in total. The van der Waals surface area contributed by atoms with Crippen molar-refractivity contribution in [3.8, 4) is 0 Å². The first-order valence-electron chi connectivity index (χ1n) is 3.28. The van der Waals surface area contributed by atoms with Gasteiger partial charge >= 0.3 is 0 Å². The van der Waals surface area contributed by atoms with Gasteiger partial charge in [0, 0.05) is 0 Å². The van der Waals surface area contributed by atoms with Crippen molar-refractivity contribution in [3.05, 3.63) is 18.0 Å². The van der Waals surface area contributed by atoms with E-state index in [1.54, 1.807) is 4.52 Å². The van der Waals surface area contributed by atoms with E-state index in [1.807, 2.05) is 13.8 Å². The third-order valence-corrected chi connectivity index (χ3v) is 1.42. The topological polar surface area (TPSA) is 56.0 Å². The predicted octanol–water partition coefficient (Wildman–Crippen LogP) is 0.136. The summed E-state index contributed by atoms with van der Waals surface area (Å²) in [4.78, 5) is 12.1. The minimum atomic E-state index is 0.606. The lowest BCUT2D eigenvalue weighted by Gasteiger charge is -1.96. The Morgan fingerprint density at radius 1 is 1.27 bits per heavy atom. The van der Waals surface area contributed by atoms with Gasteiger partial charge in [0.05, 0.1) is 0 Å². The van der Waals surface area contributed by atoms with Gasteiger partial charge in [0.1, 0.15) is 18.0 Å². The molecule has 2 aromatic heterocycles. The highest BCUT2D eigenvalue weighted by Gasteiger charge is 2.00. The second-order valence-electron chi connectivity index (χ2n) is 2.29. The second-order valence-corrected chi connectivity index (χ2v) is 2.29. The molecule has 0 aliphatic rings. The van der Waals surface area contributed by atoms with Crippen molar-refractivity contribution in [2.75, 3.05) is 0 Å². The van der Waals surface area contributed by atoms with Crippen molar-refractivity contribution in [2.24, 2.45) is 0 Å². The molecule has 0 saturated heterocycles. The summed E-state index contributed by atoms with van der Waals surface area (Å²) in [5.41, 5.74) is 0. The van der Waals surface area contributed by atoms with E-state index >= 15 is 0 Å². The maximum atomic E-state index is 4.12. The van der Waals surface area contributed by atoms with Crippen LogP contribution in [0.3, 0.4) is 0 Å². The molecule has 0 radical (unpaired) electrons. The summed E-state index contributed by atoms with van der Waals surface area (Å²) in [5.74, 6) is 2.14. The minimum absolute atomic E-state index is 0.606. The van der Waals surface area contributed by atoms with Crippen LogP contribution < -0.4 is 0 Å². The van der Waals surface area contributed by atoms with Gasteiger partial charge in [-0.1, -0.05) is 0 Å². The average molecular weight is 149 g/mol. The molecular weight excluding hydrogens is 142 g/mol. The predicted molar refractivity (Wildman–Crippen MR) is 38.1 cm³/mol. The number of nitrogens with zero attached hydrogens (tertiary/aromatic N) is 5. The molecule has 0 aliphatic carbocycles. The first-order valence-corrected chi connectivity index (χ1v) is 3.28. The Labute approximate surface area is 63.1 Å². The Bertz CT molecular complexity index is 391. The van der Waals surface area contributed by atoms with Crippen molar-refractivity contribution >= 4 is 5.78 Å². The van der Waals surface area contributed by atoms with Crippen LogP contribution in [0.5, 0.6) is 0 Å². The molecule has 2 heterocycles. The van der Waals surface area contributed by atoms with Gasteiger partial charge in [-0.3, -0.25) is 0 Å². The van der Waals surface area contributed by atoms with E-state index in [0.717, 1.165) is 11.6 Å². The first kappa shape index (κ1) is 6.21. The van der Waals surface area contributed by atoms with E-state index in [1.165, 1.54) is 6.33 Å². The molecule has 0 spiro atoms. The SMILES string of the molecule is Cc1nc(C)n2ncnc2n1. The molecule has 2 rings (SSSR count). The van der Waals surface area contributed by atoms with Crippen LogP contribution in [0.15, 0.2) is 6.33 Å². The fourth-order valence-corrected chi connectivity index (χ4v) is 0.991. The Hall–Kier alpha value is -1.52. The zero-order valence-corrected chi connectivity index (χ0v) is 6.31. The number of aryl methyl sites for hydroxylation is 2. The van der Waals surface area contributed by atoms with Gasteiger partial charge in [0.15, 0.2) is 0 Å². The number of aromatic nitrogens is 5. The van der Waals surface area contributed by atoms with E-state index in [4.69, 9.17) is 0 Å². The molecule has 0 amide bonds. The highest BCUT2D eigenvalue weighted by Crippen LogP contribution is 1.96. The highest BCUT2D eigenvalue weighted by atomic mass is 15.3. The molecule has 5 heteroatoms. The van der Waals surface area contributed by atoms with Crippen molar-refractivity contribution in [1.29, 1.82) is 0 Å². The lowest BCUT2D eigenvalue weighted by Crippen LogP contribution is -2.01. The largest absolute Gasteiger partial charge is 0.255 e. The Kier molecular flexibility index (Phi) is 1.12. The summed E-state index contributed by atoms with van der Waals surface area (Å²) < 4.78 is 1.60. The number of rotatable bonds is 0. The smallest absolute Gasteiger partial charge is 0.218 e. The molecule has 11 heavy (non-hydrogen) atoms. The maximum Gasteiger partial charge on any atom is 0.255 e. The van der Waals surface area contributed by atoms with Gasteiger partial charge < -0.3 is 0 Å². The van der Waals surface area contributed by atoms with Crippen LogP contribution in [0, 0.1) is 13.8 Å². The summed E-state index contributed by atoms with van der Waals surface area (Å²) in [6, 6.07) is 0. The zero-order chi connectivity index (χ0) is 7.84. The van der Waals surface area contributed by atoms with Gasteiger partial charge in [-0.05, 0) is 13.8 Å². The molecule has 0 aromatic carbocycles. The quantitative estimate of drug-likeness (QED) is 0.534. The monoisotopic (exact) mass is 149 g/mol. The third kappa shape index (κ3) is 0.849. The maximum absolute atomic E-state index is 4.12. The van der Waals surface area contributed by atoms with Crippen LogP contribution in [-0.4, -0.2) is 24.6 Å². The molecule has 0 N–H and O–H groups in total. The summed E-state index contributed by atoms with van der Waals surface area (Å²) in [7, 11) is 0. The molecule has 0 saturated carbocycles. The van der Waals surface area contributed by atoms with E-state index in [-0.39, 0.29) is 0 Å². The molecule has 0 atom stereocenters. The second kappa shape index (κ2) is 1.98. The van der Waals surface area contributed by atoms with Crippen molar-refractivity contribution in [3.63, 3.8) is 0 Å². The highest BCUT2D eigenvalue weighted by molar-refractivity contribution is 5.24. The van der Waals surface area contributed by atoms with Crippen LogP contribution in [0.2, 0.25) is 0 Å². The van der Waals surface area contributed by atoms with Crippen LogP contribution in [0.1, 0.15) is 11.6 Å². The summed E-state index contributed by atoms with van der Waals surface area (Å²) >= 11 is 0. The molecular formula is C6H7N5. The number of hydrogen-bond acceptors (Lipinski definition) is 4. The van der Waals surface area contributed by atoms with Gasteiger partial charge in [0.2, 0.25) is 0 Å². The van der Waals surface area contributed by atoms with Crippen molar-refractivity contribution < 1.29 is 0 Å². The van der Waals surface area contributed by atoms with Crippen LogP contribution in [-0.2, 0) is 0 Å². The lowest BCUT2D eigenvalue weighted by molar-refractivity contribution is 0.816. The Morgan fingerprint density at radius 2 is 2.09 bits per heavy atom. The van der Waals surface area contributed by atoms with Gasteiger partial charge in [-0.25, -0.2) is 4.98 Å². The van der Waals surface area contributed by atoms with E-state index in [2.05, 4.69) is 20.1 Å². The Morgan fingerprint density at radius 3 is 2.91 bits per heavy atom. The zero-order valence-electron chi connectivity index (χ0n) is 6.31. The minimum Gasteiger partial charge on any atom is -0.218 e. The van der Waals surface area contributed by atoms with E-state index < -0.39 is 0 Å². The van der Waals surface area contributed by atoms with Crippen LogP contribution in [0.4, 0.5) is 0 Å². The summed E-state index contributed by atoms with van der Waals surface area (Å²) in [5, 5.41) is 3.94. The van der Waals surface area contributed by atoms with Crippen LogP contribution >= 0.6 is 0 Å². The van der Waals surface area contributed by atoms with Gasteiger partial charge in [-0.2, -0.15) is 19.6 Å². The fraction of sp³-hybridized carbons (Fsp3) is 0.333. The van der Waals surface area contributed by atoms with Crippen LogP contribution in [0.25, 0.3) is 5.78 Å².